The number of hydrogen-bond donors (Lipinski definition) is 2. The van der Waals surface area contributed by atoms with E-state index in [1.54, 1.807) is 0 Å². The first kappa shape index (κ1) is 21.4. The number of halogens is 1. The average Bonchev–Trinajstić information content (AvgIpc) is 2.69. The van der Waals surface area contributed by atoms with Gasteiger partial charge in [-0.3, -0.25) is 4.90 Å². The smallest absolute Gasteiger partial charge is 0.329 e. The summed E-state index contributed by atoms with van der Waals surface area (Å²) in [4.78, 5) is 12.4. The van der Waals surface area contributed by atoms with Gasteiger partial charge in [-0.2, -0.15) is 0 Å². The van der Waals surface area contributed by atoms with Crippen LogP contribution in [-0.4, -0.2) is 61.9 Å². The second kappa shape index (κ2) is 12.5. The van der Waals surface area contributed by atoms with Crippen molar-refractivity contribution in [2.24, 2.45) is 0 Å². The number of aliphatic carboxylic acids is 1. The standard InChI is InChI=1S/C13H11Cl.C8H16N2O3/c14-13-8-6-12(7-9-13)10-11-4-2-1-3-5-11;11-8(12)7-13-6-5-10-3-1-9-2-4-10/h1-9H,10H2;9H,1-7H2,(H,11,12). The monoisotopic (exact) mass is 390 g/mol. The minimum Gasteiger partial charge on any atom is -0.480 e. The quantitative estimate of drug-likeness (QED) is 0.712. The molecule has 27 heavy (non-hydrogen) atoms. The summed E-state index contributed by atoms with van der Waals surface area (Å²) in [6.07, 6.45) is 0.970. The Morgan fingerprint density at radius 3 is 2.30 bits per heavy atom. The van der Waals surface area contributed by atoms with Crippen molar-refractivity contribution in [3.05, 3.63) is 70.7 Å². The number of carboxylic acids is 1. The molecule has 2 aromatic rings. The van der Waals surface area contributed by atoms with Gasteiger partial charge in [-0.25, -0.2) is 4.79 Å². The van der Waals surface area contributed by atoms with Gasteiger partial charge in [-0.05, 0) is 29.7 Å². The van der Waals surface area contributed by atoms with E-state index in [1.165, 1.54) is 11.1 Å². The van der Waals surface area contributed by atoms with E-state index in [9.17, 15) is 4.79 Å². The molecule has 146 valence electrons. The second-order valence-electron chi connectivity index (χ2n) is 6.33. The number of carbonyl (C=O) groups is 1. The van der Waals surface area contributed by atoms with Gasteiger partial charge in [-0.15, -0.1) is 0 Å². The van der Waals surface area contributed by atoms with E-state index in [4.69, 9.17) is 21.4 Å². The van der Waals surface area contributed by atoms with Crippen molar-refractivity contribution in [3.8, 4) is 0 Å². The zero-order chi connectivity index (χ0) is 19.3. The molecule has 0 atom stereocenters. The van der Waals surface area contributed by atoms with Crippen molar-refractivity contribution >= 4 is 17.6 Å². The molecule has 2 N–H and O–H groups in total. The Balaban J connectivity index is 0.000000194. The molecule has 0 aliphatic carbocycles. The fraction of sp³-hybridized carbons (Fsp3) is 0.381. The van der Waals surface area contributed by atoms with Crippen LogP contribution in [0.4, 0.5) is 0 Å². The summed E-state index contributed by atoms with van der Waals surface area (Å²) in [7, 11) is 0. The van der Waals surface area contributed by atoms with Crippen LogP contribution in [0.2, 0.25) is 5.02 Å². The van der Waals surface area contributed by atoms with Gasteiger partial charge in [0.25, 0.3) is 0 Å². The molecule has 3 rings (SSSR count). The fourth-order valence-electron chi connectivity index (χ4n) is 2.72. The molecule has 1 aliphatic rings. The van der Waals surface area contributed by atoms with E-state index in [0.29, 0.717) is 6.61 Å². The lowest BCUT2D eigenvalue weighted by Gasteiger charge is -2.26. The van der Waals surface area contributed by atoms with Crippen molar-refractivity contribution in [2.75, 3.05) is 45.9 Å². The van der Waals surface area contributed by atoms with Crippen LogP contribution < -0.4 is 5.32 Å². The van der Waals surface area contributed by atoms with Crippen LogP contribution in [0, 0.1) is 0 Å². The van der Waals surface area contributed by atoms with Crippen molar-refractivity contribution in [1.29, 1.82) is 0 Å². The van der Waals surface area contributed by atoms with Crippen molar-refractivity contribution in [2.45, 2.75) is 6.42 Å². The molecule has 0 amide bonds. The van der Waals surface area contributed by atoms with Crippen LogP contribution in [0.15, 0.2) is 54.6 Å². The fourth-order valence-corrected chi connectivity index (χ4v) is 2.85. The highest BCUT2D eigenvalue weighted by atomic mass is 35.5. The van der Waals surface area contributed by atoms with Crippen LogP contribution >= 0.6 is 11.6 Å². The maximum absolute atomic E-state index is 10.1. The summed E-state index contributed by atoms with van der Waals surface area (Å²) in [6, 6.07) is 18.4. The van der Waals surface area contributed by atoms with Crippen LogP contribution in [-0.2, 0) is 16.0 Å². The molecule has 0 aromatic heterocycles. The highest BCUT2D eigenvalue weighted by molar-refractivity contribution is 6.30. The normalized spacial score (nSPS) is 14.3. The van der Waals surface area contributed by atoms with Gasteiger partial charge in [0, 0.05) is 37.7 Å². The average molecular weight is 391 g/mol. The molecule has 0 saturated carbocycles. The first-order valence-corrected chi connectivity index (χ1v) is 9.52. The molecule has 1 heterocycles. The Morgan fingerprint density at radius 2 is 1.67 bits per heavy atom. The topological polar surface area (TPSA) is 61.8 Å². The largest absolute Gasteiger partial charge is 0.480 e. The Kier molecular flexibility index (Phi) is 9.87. The van der Waals surface area contributed by atoms with E-state index in [-0.39, 0.29) is 6.61 Å². The third-order valence-electron chi connectivity index (χ3n) is 4.15. The minimum absolute atomic E-state index is 0.188. The highest BCUT2D eigenvalue weighted by Gasteiger charge is 2.08. The maximum atomic E-state index is 10.1. The minimum atomic E-state index is -0.902. The number of carboxylic acid groups (broad SMARTS) is 1. The van der Waals surface area contributed by atoms with Crippen molar-refractivity contribution in [3.63, 3.8) is 0 Å². The number of piperazine rings is 1. The molecule has 6 heteroatoms. The van der Waals surface area contributed by atoms with Gasteiger partial charge < -0.3 is 15.2 Å². The van der Waals surface area contributed by atoms with Crippen molar-refractivity contribution < 1.29 is 14.6 Å². The summed E-state index contributed by atoms with van der Waals surface area (Å²) in [6.45, 7) is 5.22. The first-order valence-electron chi connectivity index (χ1n) is 9.14. The van der Waals surface area contributed by atoms with Gasteiger partial charge in [0.15, 0.2) is 0 Å². The number of hydrogen-bond acceptors (Lipinski definition) is 4. The summed E-state index contributed by atoms with van der Waals surface area (Å²) in [5, 5.41) is 12.3. The predicted molar refractivity (Wildman–Crippen MR) is 108 cm³/mol. The zero-order valence-corrected chi connectivity index (χ0v) is 16.2. The van der Waals surface area contributed by atoms with Gasteiger partial charge in [0.05, 0.1) is 6.61 Å². The maximum Gasteiger partial charge on any atom is 0.329 e. The van der Waals surface area contributed by atoms with Gasteiger partial charge in [0.2, 0.25) is 0 Å². The van der Waals surface area contributed by atoms with Crippen LogP contribution in [0.5, 0.6) is 0 Å². The molecule has 0 radical (unpaired) electrons. The molecule has 5 nitrogen and oxygen atoms in total. The van der Waals surface area contributed by atoms with Crippen LogP contribution in [0.1, 0.15) is 11.1 Å². The molecule has 0 bridgehead atoms. The molecular weight excluding hydrogens is 364 g/mol. The molecule has 1 aliphatic heterocycles. The summed E-state index contributed by atoms with van der Waals surface area (Å²) in [5.74, 6) is -0.902. The third-order valence-corrected chi connectivity index (χ3v) is 4.40. The molecular formula is C21H27ClN2O3. The number of nitrogens with zero attached hydrogens (tertiary/aromatic N) is 1. The number of nitrogens with one attached hydrogen (secondary N) is 1. The Morgan fingerprint density at radius 1 is 1.04 bits per heavy atom. The second-order valence-corrected chi connectivity index (χ2v) is 6.76. The zero-order valence-electron chi connectivity index (χ0n) is 15.4. The molecule has 2 aromatic carbocycles. The SMILES string of the molecule is Clc1ccc(Cc2ccccc2)cc1.O=C(O)COCCN1CCNCC1. The predicted octanol–water partition coefficient (Wildman–Crippen LogP) is 2.92. The Bertz CT molecular complexity index is 659. The Hall–Kier alpha value is -1.92. The summed E-state index contributed by atoms with van der Waals surface area (Å²) in [5.41, 5.74) is 2.62. The van der Waals surface area contributed by atoms with E-state index >= 15 is 0 Å². The molecule has 1 saturated heterocycles. The summed E-state index contributed by atoms with van der Waals surface area (Å²) >= 11 is 5.81. The molecule has 1 fully saturated rings. The lowest BCUT2D eigenvalue weighted by Crippen LogP contribution is -2.44. The Labute approximate surface area is 165 Å². The number of benzene rings is 2. The van der Waals surface area contributed by atoms with Crippen LogP contribution in [0.3, 0.4) is 0 Å². The lowest BCUT2D eigenvalue weighted by atomic mass is 10.1. The van der Waals surface area contributed by atoms with E-state index in [1.807, 2.05) is 18.2 Å². The van der Waals surface area contributed by atoms with Gasteiger partial charge in [0.1, 0.15) is 6.61 Å². The first-order chi connectivity index (χ1) is 13.1. The third kappa shape index (κ3) is 9.54. The molecule has 0 spiro atoms. The van der Waals surface area contributed by atoms with E-state index in [2.05, 4.69) is 46.6 Å². The summed E-state index contributed by atoms with van der Waals surface area (Å²) < 4.78 is 4.94. The van der Waals surface area contributed by atoms with Crippen LogP contribution in [0.25, 0.3) is 0 Å². The lowest BCUT2D eigenvalue weighted by molar-refractivity contribution is -0.142. The number of rotatable bonds is 7. The molecule has 0 unspecified atom stereocenters. The van der Waals surface area contributed by atoms with Crippen molar-refractivity contribution in [1.82, 2.24) is 10.2 Å². The van der Waals surface area contributed by atoms with Gasteiger partial charge in [-0.1, -0.05) is 54.1 Å². The highest BCUT2D eigenvalue weighted by Crippen LogP contribution is 2.13. The number of ether oxygens (including phenoxy) is 1. The van der Waals surface area contributed by atoms with Gasteiger partial charge >= 0.3 is 5.97 Å². The van der Waals surface area contributed by atoms with E-state index < -0.39 is 5.97 Å². The van der Waals surface area contributed by atoms with E-state index in [0.717, 1.165) is 44.2 Å².